The first kappa shape index (κ1) is 40.5. The molecule has 11 nitrogen and oxygen atoms in total. The van der Waals surface area contributed by atoms with Crippen LogP contribution < -0.4 is 20.3 Å². The number of amides is 2. The van der Waals surface area contributed by atoms with E-state index in [1.54, 1.807) is 0 Å². The Kier molecular flexibility index (Phi) is 12.7. The van der Waals surface area contributed by atoms with E-state index >= 15 is 0 Å². The van der Waals surface area contributed by atoms with E-state index in [9.17, 15) is 19.3 Å². The number of aromatic hydroxyl groups is 1. The van der Waals surface area contributed by atoms with Crippen LogP contribution in [0.15, 0.2) is 91.0 Å². The maximum Gasteiger partial charge on any atom is 0.530 e. The lowest BCUT2D eigenvalue weighted by molar-refractivity contribution is -0.119. The van der Waals surface area contributed by atoms with Crippen LogP contribution in [0.5, 0.6) is 17.2 Å². The molecule has 0 bridgehead atoms. The molecule has 3 aliphatic carbocycles. The van der Waals surface area contributed by atoms with Gasteiger partial charge < -0.3 is 30.2 Å². The van der Waals surface area contributed by atoms with Gasteiger partial charge in [0.1, 0.15) is 17.1 Å². The average Bonchev–Trinajstić information content (AvgIpc) is 3.55. The van der Waals surface area contributed by atoms with Gasteiger partial charge in [-0.15, -0.1) is 0 Å². The maximum absolute atomic E-state index is 14.1. The zero-order chi connectivity index (χ0) is 40.0. The summed E-state index contributed by atoms with van der Waals surface area (Å²) in [4.78, 5) is 24.7. The largest absolute Gasteiger partial charge is 0.530 e. The summed E-state index contributed by atoms with van der Waals surface area (Å²) in [6.45, 7) is 2.94. The van der Waals surface area contributed by atoms with Crippen LogP contribution in [0.25, 0.3) is 0 Å². The Morgan fingerprint density at radius 1 is 0.912 bits per heavy atom. The van der Waals surface area contributed by atoms with Gasteiger partial charge in [0.25, 0.3) is 5.91 Å². The Morgan fingerprint density at radius 2 is 1.67 bits per heavy atom. The first-order valence-electron chi connectivity index (χ1n) is 20.0. The third-order valence-corrected chi connectivity index (χ3v) is 13.7. The molecule has 2 amide bonds. The molecule has 4 aromatic rings. The fourth-order valence-electron chi connectivity index (χ4n) is 9.47. The minimum Gasteiger partial charge on any atom is -0.505 e. The van der Waals surface area contributed by atoms with Gasteiger partial charge in [-0.25, -0.2) is 4.57 Å². The van der Waals surface area contributed by atoms with Crippen molar-refractivity contribution in [3.63, 3.8) is 0 Å². The molecule has 4 N–H and O–H groups in total. The highest BCUT2D eigenvalue weighted by Crippen LogP contribution is 2.62. The number of anilines is 1. The van der Waals surface area contributed by atoms with Gasteiger partial charge in [0.05, 0.1) is 45.1 Å². The summed E-state index contributed by atoms with van der Waals surface area (Å²) in [5, 5.41) is 13.2. The molecule has 302 valence electrons. The van der Waals surface area contributed by atoms with E-state index in [4.69, 9.17) is 28.8 Å². The minimum absolute atomic E-state index is 0.00339. The summed E-state index contributed by atoms with van der Waals surface area (Å²) in [7, 11) is -2.57. The summed E-state index contributed by atoms with van der Waals surface area (Å²) >= 11 is 0. The van der Waals surface area contributed by atoms with Crippen LogP contribution in [0, 0.1) is 17.3 Å². The van der Waals surface area contributed by atoms with Crippen LogP contribution in [-0.2, 0) is 42.6 Å². The first-order chi connectivity index (χ1) is 27.6. The van der Waals surface area contributed by atoms with Crippen molar-refractivity contribution >= 4 is 25.3 Å². The molecule has 6 atom stereocenters. The first-order valence-corrected chi connectivity index (χ1v) is 21.4. The predicted molar refractivity (Wildman–Crippen MR) is 217 cm³/mol. The van der Waals surface area contributed by atoms with Gasteiger partial charge in [-0.1, -0.05) is 73.7 Å². The number of carbonyl (C=O) groups excluding carboxylic acids is 2. The monoisotopic (exact) mass is 796 g/mol. The van der Waals surface area contributed by atoms with Crippen LogP contribution in [-0.4, -0.2) is 43.3 Å². The number of fused-ring (bicyclic) bond motifs is 5. The van der Waals surface area contributed by atoms with Gasteiger partial charge in [0.2, 0.25) is 5.91 Å². The molecule has 0 saturated heterocycles. The second kappa shape index (κ2) is 17.9. The highest BCUT2D eigenvalue weighted by Gasteiger charge is 2.55. The molecule has 3 aliphatic rings. The molecule has 12 heteroatoms. The molecule has 0 heterocycles. The molecule has 7 rings (SSSR count). The van der Waals surface area contributed by atoms with Crippen molar-refractivity contribution < 1.29 is 42.3 Å². The molecule has 6 unspecified atom stereocenters. The van der Waals surface area contributed by atoms with Crippen molar-refractivity contribution in [3.05, 3.63) is 119 Å². The normalized spacial score (nSPS) is 23.3. The number of phosphoric acid groups is 1. The third-order valence-electron chi connectivity index (χ3n) is 12.3. The molecule has 57 heavy (non-hydrogen) atoms. The lowest BCUT2D eigenvalue weighted by atomic mass is 9.55. The van der Waals surface area contributed by atoms with Crippen LogP contribution >= 0.6 is 7.82 Å². The number of aryl methyl sites for hydroxylation is 2. The van der Waals surface area contributed by atoms with Gasteiger partial charge in [-0.3, -0.25) is 18.6 Å². The molecule has 0 radical (unpaired) electrons. The maximum atomic E-state index is 14.1. The third kappa shape index (κ3) is 9.23. The van der Waals surface area contributed by atoms with Gasteiger partial charge in [-0.05, 0) is 121 Å². The number of nitrogens with two attached hydrogens (primary N) is 1. The molecular weight excluding hydrogens is 743 g/mol. The van der Waals surface area contributed by atoms with E-state index in [1.807, 2.05) is 60.7 Å². The van der Waals surface area contributed by atoms with Crippen LogP contribution in [0.1, 0.15) is 90.4 Å². The number of phenols is 1. The summed E-state index contributed by atoms with van der Waals surface area (Å²) in [5.41, 5.74) is 9.96. The highest BCUT2D eigenvalue weighted by molar-refractivity contribution is 7.48. The van der Waals surface area contributed by atoms with Crippen molar-refractivity contribution in [2.24, 2.45) is 23.0 Å². The van der Waals surface area contributed by atoms with Crippen molar-refractivity contribution in [2.75, 3.05) is 25.6 Å². The van der Waals surface area contributed by atoms with Gasteiger partial charge in [0, 0.05) is 0 Å². The number of methoxy groups -OCH3 is 1. The molecule has 2 fully saturated rings. The van der Waals surface area contributed by atoms with Crippen LogP contribution in [0.2, 0.25) is 0 Å². The van der Waals surface area contributed by atoms with E-state index in [2.05, 4.69) is 30.4 Å². The van der Waals surface area contributed by atoms with Gasteiger partial charge in [-0.2, -0.15) is 0 Å². The van der Waals surface area contributed by atoms with E-state index in [1.165, 1.54) is 35.9 Å². The van der Waals surface area contributed by atoms with Crippen molar-refractivity contribution in [3.8, 4) is 17.2 Å². The Morgan fingerprint density at radius 3 is 2.40 bits per heavy atom. The quantitative estimate of drug-likeness (QED) is 0.0539. The number of hydrogen-bond acceptors (Lipinski definition) is 9. The zero-order valence-corrected chi connectivity index (χ0v) is 33.6. The molecule has 4 aromatic carbocycles. The lowest BCUT2D eigenvalue weighted by Crippen LogP contribution is -2.44. The number of nitrogens with one attached hydrogen (secondary N) is 1. The Labute approximate surface area is 334 Å². The van der Waals surface area contributed by atoms with Gasteiger partial charge >= 0.3 is 7.82 Å². The van der Waals surface area contributed by atoms with Crippen LogP contribution in [0.3, 0.4) is 0 Å². The number of hydrogen-bond donors (Lipinski definition) is 3. The van der Waals surface area contributed by atoms with Crippen molar-refractivity contribution in [1.29, 1.82) is 0 Å². The van der Waals surface area contributed by atoms with Crippen molar-refractivity contribution in [1.82, 2.24) is 0 Å². The molecule has 0 aromatic heterocycles. The lowest BCUT2D eigenvalue weighted by Gasteiger charge is -2.50. The van der Waals surface area contributed by atoms with E-state index in [-0.39, 0.29) is 60.7 Å². The number of carbonyl (C=O) groups is 2. The Balaban J connectivity index is 0.953. The zero-order valence-electron chi connectivity index (χ0n) is 32.7. The number of ether oxygens (including phenoxy) is 2. The smallest absolute Gasteiger partial charge is 0.505 e. The fraction of sp³-hybridized carbons (Fsp3) is 0.422. The Bertz CT molecular complexity index is 2080. The fourth-order valence-corrected chi connectivity index (χ4v) is 10.7. The highest BCUT2D eigenvalue weighted by atomic mass is 31.2. The van der Waals surface area contributed by atoms with Crippen molar-refractivity contribution in [2.45, 2.75) is 83.3 Å². The summed E-state index contributed by atoms with van der Waals surface area (Å²) in [6, 6.07) is 28.8. The minimum atomic E-state index is -3.94. The average molecular weight is 797 g/mol. The van der Waals surface area contributed by atoms with E-state index < -0.39 is 19.5 Å². The number of rotatable bonds is 17. The van der Waals surface area contributed by atoms with Gasteiger partial charge in [0.15, 0.2) is 5.75 Å². The molecular formula is C45H53N2O9P. The summed E-state index contributed by atoms with van der Waals surface area (Å²) in [6.07, 6.45) is 7.63. The van der Waals surface area contributed by atoms with Crippen LogP contribution in [0.4, 0.5) is 5.69 Å². The van der Waals surface area contributed by atoms with E-state index in [0.29, 0.717) is 29.9 Å². The molecule has 0 spiro atoms. The predicted octanol–water partition coefficient (Wildman–Crippen LogP) is 9.12. The number of phosphoric ester groups is 1. The second-order valence-corrected chi connectivity index (χ2v) is 17.3. The van der Waals surface area contributed by atoms with E-state index in [0.717, 1.165) is 50.5 Å². The topological polar surface area (TPSA) is 156 Å². The summed E-state index contributed by atoms with van der Waals surface area (Å²) < 4.78 is 43.6. The standard InChI is InChI=1S/C45H53N2O9P/c1-45-25-23-35-34-18-16-33(56-57(51,55-29-31-12-7-4-8-13-31)54-26-9-14-30-10-5-3-6-11-30)28-32(34)15-17-36(35)37(45)19-22-40(45)53-27-24-41(48)47-38-20-21-39(52-2)42(43(38)49)44(46)50/h3-8,10-13,16,18,20-21,28,35-37,40,49H,9,14-15,17,19,22-27,29H2,1-2H3,(H2,46,50)(H,47,48). The Hall–Kier alpha value is -4.67. The SMILES string of the molecule is COc1ccc(NC(=O)CCOC2CCC3C4CCc5cc(OP(=O)(OCCCc6ccccc6)OCc6ccccc6)ccc5C4CCC23C)c(O)c1C(N)=O. The number of benzene rings is 4. The molecule has 0 aliphatic heterocycles. The second-order valence-electron chi connectivity index (χ2n) is 15.7. The summed E-state index contributed by atoms with van der Waals surface area (Å²) in [5.74, 6) is 0.432. The molecule has 2 saturated carbocycles. The number of primary amides is 1.